The van der Waals surface area contributed by atoms with Gasteiger partial charge in [-0.3, -0.25) is 9.36 Å². The van der Waals surface area contributed by atoms with Crippen LogP contribution in [-0.2, 0) is 4.74 Å². The molecule has 2 aromatic heterocycles. The van der Waals surface area contributed by atoms with Crippen molar-refractivity contribution in [3.63, 3.8) is 0 Å². The first-order valence-electron chi connectivity index (χ1n) is 6.12. The fraction of sp³-hybridized carbons (Fsp3) is 0.545. The van der Waals surface area contributed by atoms with E-state index in [1.54, 1.807) is 0 Å². The second kappa shape index (κ2) is 4.94. The highest BCUT2D eigenvalue weighted by Crippen LogP contribution is 2.28. The molecule has 1 saturated heterocycles. The van der Waals surface area contributed by atoms with E-state index in [0.29, 0.717) is 0 Å². The maximum absolute atomic E-state index is 11.6. The lowest BCUT2D eigenvalue weighted by molar-refractivity contribution is -0.196. The van der Waals surface area contributed by atoms with Gasteiger partial charge in [-0.15, -0.1) is 0 Å². The molecule has 0 spiro atoms. The van der Waals surface area contributed by atoms with Crippen molar-refractivity contribution < 1.29 is 20.1 Å². The van der Waals surface area contributed by atoms with E-state index >= 15 is 0 Å². The number of nitrogens with zero attached hydrogens (tertiary/aromatic N) is 3. The molecule has 4 N–H and O–H groups in total. The van der Waals surface area contributed by atoms with Crippen LogP contribution in [0, 0.1) is 5.92 Å². The Morgan fingerprint density at radius 1 is 1.40 bits per heavy atom. The van der Waals surface area contributed by atoms with Crippen LogP contribution in [0.3, 0.4) is 0 Å². The molecule has 4 atom stereocenters. The highest BCUT2D eigenvalue weighted by Gasteiger charge is 2.39. The van der Waals surface area contributed by atoms with Crippen LogP contribution < -0.4 is 5.56 Å². The molecule has 0 aliphatic carbocycles. The third-order valence-corrected chi connectivity index (χ3v) is 3.48. The van der Waals surface area contributed by atoms with Crippen molar-refractivity contribution in [1.82, 2.24) is 19.5 Å². The Morgan fingerprint density at radius 3 is 2.95 bits per heavy atom. The molecular weight excluding hydrogens is 268 g/mol. The first-order chi connectivity index (χ1) is 9.63. The number of hydrogen-bond acceptors (Lipinski definition) is 7. The molecule has 0 amide bonds. The fourth-order valence-corrected chi connectivity index (χ4v) is 2.32. The van der Waals surface area contributed by atoms with Crippen molar-refractivity contribution in [2.75, 3.05) is 13.2 Å². The quantitative estimate of drug-likeness (QED) is 0.499. The average molecular weight is 282 g/mol. The second-order valence-corrected chi connectivity index (χ2v) is 4.70. The molecule has 1 aliphatic heterocycles. The Balaban J connectivity index is 2.00. The van der Waals surface area contributed by atoms with Crippen LogP contribution >= 0.6 is 0 Å². The maximum Gasteiger partial charge on any atom is 0.278 e. The molecular formula is C11H14N4O5. The van der Waals surface area contributed by atoms with Gasteiger partial charge in [0.25, 0.3) is 5.56 Å². The topological polar surface area (TPSA) is 133 Å². The second-order valence-electron chi connectivity index (χ2n) is 4.70. The zero-order chi connectivity index (χ0) is 14.3. The van der Waals surface area contributed by atoms with E-state index in [1.165, 1.54) is 17.2 Å². The summed E-state index contributed by atoms with van der Waals surface area (Å²) in [4.78, 5) is 21.9. The fourth-order valence-electron chi connectivity index (χ4n) is 2.32. The van der Waals surface area contributed by atoms with Crippen molar-refractivity contribution in [1.29, 1.82) is 0 Å². The predicted octanol–water partition coefficient (Wildman–Crippen LogP) is -2.02. The summed E-state index contributed by atoms with van der Waals surface area (Å²) in [6.45, 7) is -0.199. The summed E-state index contributed by atoms with van der Waals surface area (Å²) in [6.07, 6.45) is -0.734. The zero-order valence-corrected chi connectivity index (χ0v) is 10.4. The number of aromatic amines is 1. The van der Waals surface area contributed by atoms with Gasteiger partial charge in [-0.25, -0.2) is 9.97 Å². The van der Waals surface area contributed by atoms with Gasteiger partial charge in [-0.1, -0.05) is 0 Å². The van der Waals surface area contributed by atoms with E-state index in [1.807, 2.05) is 0 Å². The molecule has 0 bridgehead atoms. The number of fused-ring (bicyclic) bond motifs is 1. The minimum absolute atomic E-state index is 0.0856. The van der Waals surface area contributed by atoms with E-state index in [2.05, 4.69) is 15.0 Å². The molecule has 108 valence electrons. The van der Waals surface area contributed by atoms with Gasteiger partial charge >= 0.3 is 0 Å². The Hall–Kier alpha value is -1.81. The minimum Gasteiger partial charge on any atom is -0.396 e. The third kappa shape index (κ3) is 1.91. The third-order valence-electron chi connectivity index (χ3n) is 3.48. The lowest BCUT2D eigenvalue weighted by Gasteiger charge is -2.37. The summed E-state index contributed by atoms with van der Waals surface area (Å²) >= 11 is 0. The van der Waals surface area contributed by atoms with Gasteiger partial charge in [0.1, 0.15) is 6.10 Å². The van der Waals surface area contributed by atoms with Crippen molar-refractivity contribution in [2.45, 2.75) is 18.4 Å². The molecule has 2 aromatic rings. The molecule has 0 saturated carbocycles. The van der Waals surface area contributed by atoms with E-state index < -0.39 is 29.9 Å². The summed E-state index contributed by atoms with van der Waals surface area (Å²) in [5, 5.41) is 29.1. The van der Waals surface area contributed by atoms with Crippen molar-refractivity contribution in [3.8, 4) is 0 Å². The number of aliphatic hydroxyl groups excluding tert-OH is 3. The van der Waals surface area contributed by atoms with Gasteiger partial charge < -0.3 is 25.0 Å². The molecule has 20 heavy (non-hydrogen) atoms. The number of ether oxygens (including phenoxy) is 1. The summed E-state index contributed by atoms with van der Waals surface area (Å²) in [6, 6.07) is 0. The summed E-state index contributed by atoms with van der Waals surface area (Å²) in [5.74, 6) is -0.549. The van der Waals surface area contributed by atoms with Gasteiger partial charge in [-0.2, -0.15) is 0 Å². The van der Waals surface area contributed by atoms with Crippen molar-refractivity contribution in [2.24, 2.45) is 5.92 Å². The number of rotatable bonds is 2. The van der Waals surface area contributed by atoms with Gasteiger partial charge in [0.2, 0.25) is 0 Å². The standard InChI is InChI=1S/C11H14N4O5/c16-1-5-2-20-11(8(18)7(5)17)15-4-14-6-9(15)12-3-13-10(6)19/h3-5,7-8,11,16-18H,1-2H2,(H,12,13,19)/t5-,7-,8+,11+/m1/s1. The number of aliphatic hydroxyl groups is 3. The van der Waals surface area contributed by atoms with Crippen molar-refractivity contribution in [3.05, 3.63) is 23.0 Å². The smallest absolute Gasteiger partial charge is 0.278 e. The average Bonchev–Trinajstić information content (AvgIpc) is 2.87. The number of aromatic nitrogens is 4. The van der Waals surface area contributed by atoms with Crippen LogP contribution in [0.25, 0.3) is 11.2 Å². The first-order valence-corrected chi connectivity index (χ1v) is 6.12. The Morgan fingerprint density at radius 2 is 2.20 bits per heavy atom. The van der Waals surface area contributed by atoms with Crippen molar-refractivity contribution >= 4 is 11.2 Å². The molecule has 9 heteroatoms. The highest BCUT2D eigenvalue weighted by molar-refractivity contribution is 5.68. The number of imidazole rings is 1. The summed E-state index contributed by atoms with van der Waals surface area (Å²) < 4.78 is 6.85. The Labute approximate surface area is 112 Å². The number of nitrogens with one attached hydrogen (secondary N) is 1. The molecule has 0 aromatic carbocycles. The number of H-pyrrole nitrogens is 1. The molecule has 1 fully saturated rings. The Bertz CT molecular complexity index is 668. The van der Waals surface area contributed by atoms with Crippen LogP contribution in [0.4, 0.5) is 0 Å². The van der Waals surface area contributed by atoms with Gasteiger partial charge in [0, 0.05) is 5.92 Å². The first kappa shape index (κ1) is 13.2. The highest BCUT2D eigenvalue weighted by atomic mass is 16.5. The van der Waals surface area contributed by atoms with E-state index in [0.717, 1.165) is 0 Å². The maximum atomic E-state index is 11.6. The zero-order valence-electron chi connectivity index (χ0n) is 10.4. The summed E-state index contributed by atoms with van der Waals surface area (Å²) in [7, 11) is 0. The Kier molecular flexibility index (Phi) is 3.26. The van der Waals surface area contributed by atoms with Crippen LogP contribution in [0.1, 0.15) is 6.23 Å². The largest absolute Gasteiger partial charge is 0.396 e. The molecule has 0 unspecified atom stereocenters. The minimum atomic E-state index is -1.25. The predicted molar refractivity (Wildman–Crippen MR) is 65.7 cm³/mol. The summed E-state index contributed by atoms with van der Waals surface area (Å²) in [5.41, 5.74) is -0.0117. The van der Waals surface area contributed by atoms with E-state index in [9.17, 15) is 15.0 Å². The van der Waals surface area contributed by atoms with Gasteiger partial charge in [0.05, 0.1) is 32.0 Å². The van der Waals surface area contributed by atoms with E-state index in [4.69, 9.17) is 9.84 Å². The molecule has 9 nitrogen and oxygen atoms in total. The lowest BCUT2D eigenvalue weighted by Crippen LogP contribution is -2.48. The van der Waals surface area contributed by atoms with E-state index in [-0.39, 0.29) is 24.4 Å². The monoisotopic (exact) mass is 282 g/mol. The van der Waals surface area contributed by atoms with Gasteiger partial charge in [0.15, 0.2) is 17.4 Å². The molecule has 3 rings (SSSR count). The molecule has 0 radical (unpaired) electrons. The normalized spacial score (nSPS) is 30.8. The van der Waals surface area contributed by atoms with Crippen LogP contribution in [0.15, 0.2) is 17.4 Å². The molecule has 3 heterocycles. The van der Waals surface area contributed by atoms with Gasteiger partial charge in [-0.05, 0) is 0 Å². The lowest BCUT2D eigenvalue weighted by atomic mass is 9.95. The SMILES string of the molecule is O=c1[nH]cnc2c1ncn2[C@H]1OC[C@@H](CO)[C@@H](O)[C@@H]1O. The van der Waals surface area contributed by atoms with Crippen LogP contribution in [-0.4, -0.2) is 60.3 Å². The van der Waals surface area contributed by atoms with Crippen LogP contribution in [0.5, 0.6) is 0 Å². The number of hydrogen-bond donors (Lipinski definition) is 4. The van der Waals surface area contributed by atoms with Crippen LogP contribution in [0.2, 0.25) is 0 Å². The molecule has 1 aliphatic rings.